The highest BCUT2D eigenvalue weighted by Crippen LogP contribution is 2.16. The minimum absolute atomic E-state index is 0.214. The van der Waals surface area contributed by atoms with Gasteiger partial charge in [-0.05, 0) is 61.9 Å². The number of aryl methyl sites for hydroxylation is 1. The highest BCUT2D eigenvalue weighted by atomic mass is 16.5. The Morgan fingerprint density at radius 3 is 2.38 bits per heavy atom. The molecule has 2 aromatic carbocycles. The summed E-state index contributed by atoms with van der Waals surface area (Å²) in [5, 5.41) is 5.61. The van der Waals surface area contributed by atoms with Crippen molar-refractivity contribution in [2.24, 2.45) is 0 Å². The summed E-state index contributed by atoms with van der Waals surface area (Å²) in [7, 11) is 0. The first-order chi connectivity index (χ1) is 14.0. The largest absolute Gasteiger partial charge is 0.481 e. The summed E-state index contributed by atoms with van der Waals surface area (Å²) in [6.45, 7) is 4.21. The summed E-state index contributed by atoms with van der Waals surface area (Å²) in [4.78, 5) is 24.7. The molecule has 0 aliphatic rings. The molecule has 0 aliphatic carbocycles. The van der Waals surface area contributed by atoms with Crippen LogP contribution in [0.1, 0.15) is 35.0 Å². The molecule has 3 rings (SSSR count). The first kappa shape index (κ1) is 20.2. The van der Waals surface area contributed by atoms with E-state index >= 15 is 0 Å². The highest BCUT2D eigenvalue weighted by molar-refractivity contribution is 5.96. The Balaban J connectivity index is 1.55. The monoisotopic (exact) mass is 392 g/mol. The zero-order valence-electron chi connectivity index (χ0n) is 16.5. The normalized spacial score (nSPS) is 11.5. The van der Waals surface area contributed by atoms with Gasteiger partial charge in [-0.2, -0.15) is 0 Å². The molecule has 0 saturated heterocycles. The van der Waals surface area contributed by atoms with Crippen LogP contribution >= 0.6 is 0 Å². The second-order valence-corrected chi connectivity index (χ2v) is 6.66. The van der Waals surface area contributed by atoms with Crippen LogP contribution in [0.4, 0.5) is 5.69 Å². The average molecular weight is 392 g/mol. The minimum Gasteiger partial charge on any atom is -0.481 e. The minimum atomic E-state index is -0.603. The van der Waals surface area contributed by atoms with Gasteiger partial charge >= 0.3 is 0 Å². The molecule has 6 heteroatoms. The average Bonchev–Trinajstić information content (AvgIpc) is 3.25. The van der Waals surface area contributed by atoms with Gasteiger partial charge in [0.15, 0.2) is 6.10 Å². The van der Waals surface area contributed by atoms with Crippen LogP contribution in [0.25, 0.3) is 0 Å². The van der Waals surface area contributed by atoms with E-state index < -0.39 is 6.10 Å². The zero-order valence-corrected chi connectivity index (χ0v) is 16.5. The van der Waals surface area contributed by atoms with E-state index in [0.717, 1.165) is 5.56 Å². The fraction of sp³-hybridized carbons (Fsp3) is 0.217. The number of hydrogen-bond acceptors (Lipinski definition) is 4. The molecule has 1 heterocycles. The van der Waals surface area contributed by atoms with Gasteiger partial charge < -0.3 is 19.8 Å². The van der Waals surface area contributed by atoms with E-state index in [-0.39, 0.29) is 11.8 Å². The summed E-state index contributed by atoms with van der Waals surface area (Å²) < 4.78 is 11.0. The van der Waals surface area contributed by atoms with Crippen molar-refractivity contribution < 1.29 is 18.7 Å². The molecule has 0 bridgehead atoms. The molecular formula is C23H24N2O4. The second-order valence-electron chi connectivity index (χ2n) is 6.66. The molecule has 0 aliphatic heterocycles. The van der Waals surface area contributed by atoms with Gasteiger partial charge in [-0.15, -0.1) is 0 Å². The van der Waals surface area contributed by atoms with E-state index in [1.54, 1.807) is 42.7 Å². The van der Waals surface area contributed by atoms with Crippen LogP contribution in [0.2, 0.25) is 0 Å². The lowest BCUT2D eigenvalue weighted by Gasteiger charge is -2.17. The van der Waals surface area contributed by atoms with Gasteiger partial charge in [0.25, 0.3) is 11.8 Å². The Morgan fingerprint density at radius 1 is 1.03 bits per heavy atom. The number of ether oxygens (including phenoxy) is 1. The molecule has 29 heavy (non-hydrogen) atoms. The van der Waals surface area contributed by atoms with E-state index in [9.17, 15) is 9.59 Å². The number of anilines is 1. The Morgan fingerprint density at radius 2 is 1.76 bits per heavy atom. The summed E-state index contributed by atoms with van der Waals surface area (Å²) in [5.74, 6) is 0.888. The summed E-state index contributed by atoms with van der Waals surface area (Å²) >= 11 is 0. The van der Waals surface area contributed by atoms with Crippen LogP contribution in [0.15, 0.2) is 71.3 Å². The maximum atomic E-state index is 12.5. The van der Waals surface area contributed by atoms with Gasteiger partial charge in [0.1, 0.15) is 11.5 Å². The molecule has 6 nitrogen and oxygen atoms in total. The lowest BCUT2D eigenvalue weighted by Crippen LogP contribution is -2.32. The van der Waals surface area contributed by atoms with E-state index in [4.69, 9.17) is 9.15 Å². The SMILES string of the molecule is CCC(Oc1ccc(C)cc1)C(=O)Nc1ccc(C(=O)NCc2ccco2)cc1. The molecular weight excluding hydrogens is 368 g/mol. The predicted molar refractivity (Wildman–Crippen MR) is 111 cm³/mol. The smallest absolute Gasteiger partial charge is 0.265 e. The number of hydrogen-bond donors (Lipinski definition) is 2. The van der Waals surface area contributed by atoms with Gasteiger partial charge in [0.05, 0.1) is 12.8 Å². The van der Waals surface area contributed by atoms with Crippen molar-refractivity contribution in [2.45, 2.75) is 32.9 Å². The Hall–Kier alpha value is -3.54. The summed E-state index contributed by atoms with van der Waals surface area (Å²) in [5.41, 5.74) is 2.23. The summed E-state index contributed by atoms with van der Waals surface area (Å²) in [6.07, 6.45) is 1.49. The number of rotatable bonds is 8. The van der Waals surface area contributed by atoms with Crippen LogP contribution in [-0.2, 0) is 11.3 Å². The van der Waals surface area contributed by atoms with E-state index in [2.05, 4.69) is 10.6 Å². The molecule has 1 atom stereocenters. The molecule has 1 unspecified atom stereocenters. The second kappa shape index (κ2) is 9.59. The van der Waals surface area contributed by atoms with Crippen molar-refractivity contribution in [3.05, 3.63) is 83.8 Å². The van der Waals surface area contributed by atoms with Crippen molar-refractivity contribution >= 4 is 17.5 Å². The van der Waals surface area contributed by atoms with Crippen molar-refractivity contribution in [1.82, 2.24) is 5.32 Å². The standard InChI is InChI=1S/C23H24N2O4/c1-3-21(29-19-12-6-16(2)7-13-19)23(27)25-18-10-8-17(9-11-18)22(26)24-15-20-5-4-14-28-20/h4-14,21H,3,15H2,1-2H3,(H,24,26)(H,25,27). The molecule has 0 fully saturated rings. The third-order valence-corrected chi connectivity index (χ3v) is 4.38. The van der Waals surface area contributed by atoms with Gasteiger partial charge in [-0.3, -0.25) is 9.59 Å². The van der Waals surface area contributed by atoms with Crippen molar-refractivity contribution in [1.29, 1.82) is 0 Å². The van der Waals surface area contributed by atoms with Crippen LogP contribution in [0.5, 0.6) is 5.75 Å². The quantitative estimate of drug-likeness (QED) is 0.598. The molecule has 150 valence electrons. The third kappa shape index (κ3) is 5.72. The Kier molecular flexibility index (Phi) is 6.68. The lowest BCUT2D eigenvalue weighted by molar-refractivity contribution is -0.122. The van der Waals surface area contributed by atoms with E-state index in [1.807, 2.05) is 38.1 Å². The number of nitrogens with one attached hydrogen (secondary N) is 2. The van der Waals surface area contributed by atoms with Crippen molar-refractivity contribution in [3.63, 3.8) is 0 Å². The van der Waals surface area contributed by atoms with Crippen molar-refractivity contribution in [2.75, 3.05) is 5.32 Å². The van der Waals surface area contributed by atoms with Gasteiger partial charge in [0, 0.05) is 11.3 Å². The molecule has 0 saturated carbocycles. The zero-order chi connectivity index (χ0) is 20.6. The van der Waals surface area contributed by atoms with Crippen LogP contribution in [-0.4, -0.2) is 17.9 Å². The van der Waals surface area contributed by atoms with Crippen LogP contribution in [0.3, 0.4) is 0 Å². The van der Waals surface area contributed by atoms with Gasteiger partial charge in [-0.1, -0.05) is 24.6 Å². The molecule has 2 N–H and O–H groups in total. The maximum Gasteiger partial charge on any atom is 0.265 e. The molecule has 2 amide bonds. The van der Waals surface area contributed by atoms with Crippen LogP contribution < -0.4 is 15.4 Å². The predicted octanol–water partition coefficient (Wildman–Crippen LogP) is 4.31. The Bertz CT molecular complexity index is 932. The fourth-order valence-corrected chi connectivity index (χ4v) is 2.71. The number of amides is 2. The van der Waals surface area contributed by atoms with Gasteiger partial charge in [0.2, 0.25) is 0 Å². The molecule has 3 aromatic rings. The number of benzene rings is 2. The third-order valence-electron chi connectivity index (χ3n) is 4.38. The molecule has 0 radical (unpaired) electrons. The number of carbonyl (C=O) groups excluding carboxylic acids is 2. The first-order valence-corrected chi connectivity index (χ1v) is 9.50. The lowest BCUT2D eigenvalue weighted by atomic mass is 10.1. The maximum absolute atomic E-state index is 12.5. The Labute approximate surface area is 169 Å². The summed E-state index contributed by atoms with van der Waals surface area (Å²) in [6, 6.07) is 17.8. The number of furan rings is 1. The van der Waals surface area contributed by atoms with E-state index in [0.29, 0.717) is 35.7 Å². The number of carbonyl (C=O) groups is 2. The van der Waals surface area contributed by atoms with Crippen LogP contribution in [0, 0.1) is 6.92 Å². The van der Waals surface area contributed by atoms with Crippen molar-refractivity contribution in [3.8, 4) is 5.75 Å². The van der Waals surface area contributed by atoms with Gasteiger partial charge in [-0.25, -0.2) is 0 Å². The first-order valence-electron chi connectivity index (χ1n) is 9.50. The molecule has 1 aromatic heterocycles. The fourth-order valence-electron chi connectivity index (χ4n) is 2.71. The van der Waals surface area contributed by atoms with E-state index in [1.165, 1.54) is 0 Å². The highest BCUT2D eigenvalue weighted by Gasteiger charge is 2.18. The molecule has 0 spiro atoms. The topological polar surface area (TPSA) is 80.6 Å².